The van der Waals surface area contributed by atoms with E-state index in [0.717, 1.165) is 47.5 Å². The first kappa shape index (κ1) is 15.0. The van der Waals surface area contributed by atoms with Gasteiger partial charge in [0.1, 0.15) is 5.75 Å². The van der Waals surface area contributed by atoms with Gasteiger partial charge >= 0.3 is 0 Å². The lowest BCUT2D eigenvalue weighted by molar-refractivity contribution is 0.0165. The molecule has 1 aromatic carbocycles. The Morgan fingerprint density at radius 3 is 2.86 bits per heavy atom. The summed E-state index contributed by atoms with van der Waals surface area (Å²) in [6.07, 6.45) is 2.46. The lowest BCUT2D eigenvalue weighted by atomic mass is 9.70. The van der Waals surface area contributed by atoms with E-state index in [1.807, 2.05) is 36.4 Å². The minimum absolute atomic E-state index is 0.0356. The van der Waals surface area contributed by atoms with Crippen LogP contribution in [0, 0.1) is 5.41 Å². The molecule has 0 fully saturated rings. The maximum Gasteiger partial charge on any atom is 0.119 e. The predicted octanol–water partition coefficient (Wildman–Crippen LogP) is 4.15. The molecule has 2 unspecified atom stereocenters. The number of aromatic nitrogens is 1. The fourth-order valence-electron chi connectivity index (χ4n) is 3.19. The third-order valence-electron chi connectivity index (χ3n) is 5.07. The fraction of sp³-hybridized carbons (Fsp3) is 0.421. The Hall–Kier alpha value is -1.87. The van der Waals surface area contributed by atoms with Crippen molar-refractivity contribution in [3.05, 3.63) is 47.7 Å². The van der Waals surface area contributed by atoms with Crippen LogP contribution in [0.15, 0.2) is 36.4 Å². The number of hydrogen-bond donors (Lipinski definition) is 1. The molecule has 22 heavy (non-hydrogen) atoms. The molecule has 0 aliphatic heterocycles. The predicted molar refractivity (Wildman–Crippen MR) is 87.9 cm³/mol. The highest BCUT2D eigenvalue weighted by Crippen LogP contribution is 2.45. The van der Waals surface area contributed by atoms with E-state index in [1.165, 1.54) is 0 Å². The molecule has 0 spiro atoms. The van der Waals surface area contributed by atoms with E-state index in [2.05, 4.69) is 13.8 Å². The molecule has 0 saturated carbocycles. The number of pyridine rings is 1. The van der Waals surface area contributed by atoms with E-state index in [0.29, 0.717) is 0 Å². The van der Waals surface area contributed by atoms with Crippen molar-refractivity contribution >= 4 is 0 Å². The summed E-state index contributed by atoms with van der Waals surface area (Å²) in [5, 5.41) is 10.7. The second kappa shape index (κ2) is 5.73. The first-order valence-corrected chi connectivity index (χ1v) is 7.89. The summed E-state index contributed by atoms with van der Waals surface area (Å²) >= 11 is 0. The molecule has 0 saturated heterocycles. The average Bonchev–Trinajstić information content (AvgIpc) is 2.58. The van der Waals surface area contributed by atoms with Crippen LogP contribution in [-0.4, -0.2) is 17.2 Å². The lowest BCUT2D eigenvalue weighted by Crippen LogP contribution is -2.31. The molecule has 3 heteroatoms. The van der Waals surface area contributed by atoms with Gasteiger partial charge in [0, 0.05) is 16.8 Å². The molecule has 0 radical (unpaired) electrons. The largest absolute Gasteiger partial charge is 0.497 e. The summed E-state index contributed by atoms with van der Waals surface area (Å²) in [5.41, 5.74) is 3.96. The molecule has 116 valence electrons. The first-order valence-electron chi connectivity index (χ1n) is 7.89. The van der Waals surface area contributed by atoms with Gasteiger partial charge in [-0.3, -0.25) is 4.98 Å². The summed E-state index contributed by atoms with van der Waals surface area (Å²) in [6, 6.07) is 12.0. The van der Waals surface area contributed by atoms with E-state index in [4.69, 9.17) is 9.72 Å². The lowest BCUT2D eigenvalue weighted by Gasteiger charge is -2.38. The first-order chi connectivity index (χ1) is 10.6. The molecule has 3 rings (SSSR count). The minimum Gasteiger partial charge on any atom is -0.497 e. The highest BCUT2D eigenvalue weighted by Gasteiger charge is 2.37. The molecular formula is C19H23NO2. The van der Waals surface area contributed by atoms with Crippen LogP contribution in [0.1, 0.15) is 44.1 Å². The van der Waals surface area contributed by atoms with Gasteiger partial charge in [0.05, 0.1) is 18.9 Å². The van der Waals surface area contributed by atoms with E-state index in [9.17, 15) is 5.11 Å². The van der Waals surface area contributed by atoms with Crippen LogP contribution in [0.3, 0.4) is 0 Å². The Morgan fingerprint density at radius 2 is 2.14 bits per heavy atom. The molecule has 2 atom stereocenters. The topological polar surface area (TPSA) is 42.4 Å². The number of methoxy groups -OCH3 is 1. The zero-order chi connectivity index (χ0) is 15.7. The molecule has 1 heterocycles. The second-order valence-electron chi connectivity index (χ2n) is 6.37. The van der Waals surface area contributed by atoms with Gasteiger partial charge in [0.2, 0.25) is 0 Å². The summed E-state index contributed by atoms with van der Waals surface area (Å²) in [5.74, 6) is 0.829. The van der Waals surface area contributed by atoms with Crippen LogP contribution in [0.2, 0.25) is 0 Å². The minimum atomic E-state index is -0.423. The molecule has 2 aromatic rings. The highest BCUT2D eigenvalue weighted by molar-refractivity contribution is 5.62. The quantitative estimate of drug-likeness (QED) is 0.925. The zero-order valence-electron chi connectivity index (χ0n) is 13.5. The van der Waals surface area contributed by atoms with E-state index in [1.54, 1.807) is 7.11 Å². The van der Waals surface area contributed by atoms with Crippen molar-refractivity contribution in [1.82, 2.24) is 4.98 Å². The smallest absolute Gasteiger partial charge is 0.119 e. The van der Waals surface area contributed by atoms with E-state index >= 15 is 0 Å². The zero-order valence-corrected chi connectivity index (χ0v) is 13.5. The Balaban J connectivity index is 1.98. The van der Waals surface area contributed by atoms with E-state index < -0.39 is 6.10 Å². The Morgan fingerprint density at radius 1 is 1.32 bits per heavy atom. The van der Waals surface area contributed by atoms with Crippen molar-refractivity contribution < 1.29 is 9.84 Å². The summed E-state index contributed by atoms with van der Waals surface area (Å²) in [4.78, 5) is 4.79. The number of aryl methyl sites for hydroxylation is 1. The molecule has 0 amide bonds. The number of nitrogens with zero attached hydrogens (tertiary/aromatic N) is 1. The maximum atomic E-state index is 10.7. The van der Waals surface area contributed by atoms with Crippen molar-refractivity contribution in [3.8, 4) is 17.0 Å². The van der Waals surface area contributed by atoms with Crippen molar-refractivity contribution in [3.63, 3.8) is 0 Å². The number of fused-ring (bicyclic) bond motifs is 1. The van der Waals surface area contributed by atoms with Gasteiger partial charge in [-0.05, 0) is 42.9 Å². The van der Waals surface area contributed by atoms with Crippen molar-refractivity contribution in [2.75, 3.05) is 7.11 Å². The number of benzene rings is 1. The molecule has 1 aromatic heterocycles. The average molecular weight is 297 g/mol. The summed E-state index contributed by atoms with van der Waals surface area (Å²) in [7, 11) is 1.67. The summed E-state index contributed by atoms with van der Waals surface area (Å²) in [6.45, 7) is 4.31. The Kier molecular flexibility index (Phi) is 3.92. The van der Waals surface area contributed by atoms with Crippen LogP contribution in [-0.2, 0) is 6.42 Å². The van der Waals surface area contributed by atoms with E-state index in [-0.39, 0.29) is 5.41 Å². The molecule has 1 aliphatic rings. The van der Waals surface area contributed by atoms with Gasteiger partial charge in [0.15, 0.2) is 0 Å². The standard InChI is InChI=1S/C19H23NO2/c1-4-19(2)11-10-17-15(18(19)21)8-9-16(20-17)13-6-5-7-14(12-13)22-3/h5-9,12,18,21H,4,10-11H2,1-3H3. The van der Waals surface area contributed by atoms with Gasteiger partial charge in [-0.1, -0.05) is 32.0 Å². The van der Waals surface area contributed by atoms with Gasteiger partial charge in [-0.2, -0.15) is 0 Å². The molecular weight excluding hydrogens is 274 g/mol. The number of aliphatic hydroxyl groups excluding tert-OH is 1. The van der Waals surface area contributed by atoms with Crippen LogP contribution in [0.5, 0.6) is 5.75 Å². The maximum absolute atomic E-state index is 10.7. The van der Waals surface area contributed by atoms with Crippen LogP contribution < -0.4 is 4.74 Å². The Bertz CT molecular complexity index is 683. The van der Waals surface area contributed by atoms with Crippen molar-refractivity contribution in [2.45, 2.75) is 39.2 Å². The number of hydrogen-bond acceptors (Lipinski definition) is 3. The van der Waals surface area contributed by atoms with Crippen LogP contribution >= 0.6 is 0 Å². The SMILES string of the molecule is CCC1(C)CCc2nc(-c3cccc(OC)c3)ccc2C1O. The van der Waals surface area contributed by atoms with Gasteiger partial charge < -0.3 is 9.84 Å². The molecule has 0 bridgehead atoms. The van der Waals surface area contributed by atoms with Gasteiger partial charge in [0.25, 0.3) is 0 Å². The fourth-order valence-corrected chi connectivity index (χ4v) is 3.19. The summed E-state index contributed by atoms with van der Waals surface area (Å²) < 4.78 is 5.28. The molecule has 3 nitrogen and oxygen atoms in total. The van der Waals surface area contributed by atoms with Crippen LogP contribution in [0.4, 0.5) is 0 Å². The van der Waals surface area contributed by atoms with Crippen molar-refractivity contribution in [2.24, 2.45) is 5.41 Å². The second-order valence-corrected chi connectivity index (χ2v) is 6.37. The third-order valence-corrected chi connectivity index (χ3v) is 5.07. The number of rotatable bonds is 3. The monoisotopic (exact) mass is 297 g/mol. The highest BCUT2D eigenvalue weighted by atomic mass is 16.5. The van der Waals surface area contributed by atoms with Gasteiger partial charge in [-0.25, -0.2) is 0 Å². The third kappa shape index (κ3) is 2.50. The number of ether oxygens (including phenoxy) is 1. The molecule has 1 aliphatic carbocycles. The van der Waals surface area contributed by atoms with Crippen LogP contribution in [0.25, 0.3) is 11.3 Å². The normalized spacial score (nSPS) is 23.9. The Labute approximate surface area is 132 Å². The number of aliphatic hydroxyl groups is 1. The van der Waals surface area contributed by atoms with Crippen molar-refractivity contribution in [1.29, 1.82) is 0 Å². The molecule has 1 N–H and O–H groups in total. The van der Waals surface area contributed by atoms with Gasteiger partial charge in [-0.15, -0.1) is 0 Å².